The van der Waals surface area contributed by atoms with E-state index in [1.165, 1.54) is 24.3 Å². The fourth-order valence-corrected chi connectivity index (χ4v) is 4.42. The summed E-state index contributed by atoms with van der Waals surface area (Å²) in [7, 11) is -3.60. The molecule has 1 atom stereocenters. The van der Waals surface area contributed by atoms with Gasteiger partial charge in [-0.15, -0.1) is 0 Å². The van der Waals surface area contributed by atoms with Gasteiger partial charge in [-0.05, 0) is 56.8 Å². The van der Waals surface area contributed by atoms with Crippen molar-refractivity contribution < 1.29 is 17.9 Å². The minimum absolute atomic E-state index is 0.140. The van der Waals surface area contributed by atoms with Gasteiger partial charge in [-0.3, -0.25) is 4.79 Å². The fraction of sp³-hybridized carbons (Fsp3) is 0.458. The Morgan fingerprint density at radius 3 is 2.31 bits per heavy atom. The van der Waals surface area contributed by atoms with Crippen molar-refractivity contribution in [2.45, 2.75) is 51.6 Å². The second-order valence-corrected chi connectivity index (χ2v) is 9.33. The maximum absolute atomic E-state index is 12.6. The van der Waals surface area contributed by atoms with Gasteiger partial charge in [0, 0.05) is 30.3 Å². The molecule has 0 aromatic heterocycles. The van der Waals surface area contributed by atoms with Gasteiger partial charge in [0.1, 0.15) is 12.4 Å². The number of nitrogens with zero attached hydrogens (tertiary/aromatic N) is 1. The van der Waals surface area contributed by atoms with Crippen molar-refractivity contribution in [1.29, 1.82) is 0 Å². The lowest BCUT2D eigenvalue weighted by Gasteiger charge is -2.19. The van der Waals surface area contributed by atoms with Gasteiger partial charge in [0.05, 0.1) is 4.90 Å². The highest BCUT2D eigenvalue weighted by Crippen LogP contribution is 2.18. The molecule has 2 aromatic carbocycles. The van der Waals surface area contributed by atoms with Gasteiger partial charge in [-0.2, -0.15) is 0 Å². The molecule has 1 amide bonds. The van der Waals surface area contributed by atoms with E-state index in [2.05, 4.69) is 28.8 Å². The normalized spacial score (nSPS) is 12.5. The number of sulfonamides is 1. The van der Waals surface area contributed by atoms with Crippen LogP contribution in [0.2, 0.25) is 0 Å². The zero-order valence-electron chi connectivity index (χ0n) is 19.4. The van der Waals surface area contributed by atoms with Crippen LogP contribution >= 0.6 is 0 Å². The predicted molar refractivity (Wildman–Crippen MR) is 127 cm³/mol. The van der Waals surface area contributed by atoms with Crippen molar-refractivity contribution in [2.24, 2.45) is 0 Å². The van der Waals surface area contributed by atoms with Crippen LogP contribution in [0.25, 0.3) is 0 Å². The first-order valence-electron chi connectivity index (χ1n) is 11.1. The third-order valence-electron chi connectivity index (χ3n) is 5.37. The fourth-order valence-electron chi connectivity index (χ4n) is 3.09. The zero-order chi connectivity index (χ0) is 23.6. The van der Waals surface area contributed by atoms with Gasteiger partial charge in [0.25, 0.3) is 5.91 Å². The summed E-state index contributed by atoms with van der Waals surface area (Å²) in [6.45, 7) is 11.7. The average Bonchev–Trinajstić information content (AvgIpc) is 2.80. The summed E-state index contributed by atoms with van der Waals surface area (Å²) >= 11 is 0. The topological polar surface area (TPSA) is 87.7 Å². The Morgan fingerprint density at radius 1 is 1.03 bits per heavy atom. The number of carbonyl (C=O) groups is 1. The van der Waals surface area contributed by atoms with E-state index in [-0.39, 0.29) is 16.8 Å². The van der Waals surface area contributed by atoms with Crippen molar-refractivity contribution in [1.82, 2.24) is 14.9 Å². The zero-order valence-corrected chi connectivity index (χ0v) is 20.2. The van der Waals surface area contributed by atoms with Crippen LogP contribution in [0.3, 0.4) is 0 Å². The minimum Gasteiger partial charge on any atom is -0.492 e. The van der Waals surface area contributed by atoms with Crippen LogP contribution in [0.4, 0.5) is 0 Å². The van der Waals surface area contributed by atoms with E-state index in [9.17, 15) is 13.2 Å². The van der Waals surface area contributed by atoms with Crippen LogP contribution in [0.1, 0.15) is 50.0 Å². The van der Waals surface area contributed by atoms with Crippen LogP contribution < -0.4 is 14.8 Å². The number of carbonyl (C=O) groups excluding carboxylic acids is 1. The van der Waals surface area contributed by atoms with E-state index in [4.69, 9.17) is 4.74 Å². The van der Waals surface area contributed by atoms with E-state index in [0.717, 1.165) is 30.9 Å². The van der Waals surface area contributed by atoms with Gasteiger partial charge in [-0.25, -0.2) is 13.1 Å². The molecule has 8 heteroatoms. The highest BCUT2D eigenvalue weighted by molar-refractivity contribution is 7.89. The number of nitrogens with one attached hydrogen (secondary N) is 2. The smallest absolute Gasteiger partial charge is 0.251 e. The molecule has 0 saturated carbocycles. The van der Waals surface area contributed by atoms with Crippen LogP contribution in [0, 0.1) is 0 Å². The monoisotopic (exact) mass is 461 g/mol. The first kappa shape index (κ1) is 25.8. The number of para-hydroxylation sites is 1. The van der Waals surface area contributed by atoms with Crippen LogP contribution in [0.5, 0.6) is 5.75 Å². The number of likely N-dealkylation sites (N-methyl/N-ethyl adjacent to an activating group) is 1. The van der Waals surface area contributed by atoms with Crippen molar-refractivity contribution in [2.75, 3.05) is 26.2 Å². The summed E-state index contributed by atoms with van der Waals surface area (Å²) in [4.78, 5) is 15.0. The summed E-state index contributed by atoms with van der Waals surface area (Å²) in [6, 6.07) is 13.4. The maximum Gasteiger partial charge on any atom is 0.251 e. The quantitative estimate of drug-likeness (QED) is 0.477. The molecular weight excluding hydrogens is 426 g/mol. The Balaban J connectivity index is 1.97. The molecule has 0 radical (unpaired) electrons. The molecule has 176 valence electrons. The van der Waals surface area contributed by atoms with E-state index < -0.39 is 10.0 Å². The molecule has 0 aliphatic heterocycles. The second kappa shape index (κ2) is 12.6. The first-order chi connectivity index (χ1) is 15.3. The molecule has 2 N–H and O–H groups in total. The SMILES string of the molecule is CCC(C)NS(=O)(=O)c1ccc(C(=O)NCc2ccccc2OCCN(CC)CC)cc1. The van der Waals surface area contributed by atoms with Gasteiger partial charge in [0.2, 0.25) is 10.0 Å². The molecule has 0 spiro atoms. The van der Waals surface area contributed by atoms with Crippen LogP contribution in [-0.4, -0.2) is 51.5 Å². The minimum atomic E-state index is -3.60. The summed E-state index contributed by atoms with van der Waals surface area (Å²) in [5.41, 5.74) is 1.28. The summed E-state index contributed by atoms with van der Waals surface area (Å²) in [6.07, 6.45) is 0.695. The van der Waals surface area contributed by atoms with Crippen LogP contribution in [-0.2, 0) is 16.6 Å². The molecule has 0 heterocycles. The molecule has 2 rings (SSSR count). The number of ether oxygens (including phenoxy) is 1. The molecule has 0 bridgehead atoms. The molecule has 0 fully saturated rings. The molecule has 0 aliphatic rings. The Labute approximate surface area is 192 Å². The Morgan fingerprint density at radius 2 is 1.69 bits per heavy atom. The number of benzene rings is 2. The van der Waals surface area contributed by atoms with Gasteiger partial charge < -0.3 is 15.0 Å². The molecular formula is C24H35N3O4S. The second-order valence-electron chi connectivity index (χ2n) is 7.62. The largest absolute Gasteiger partial charge is 0.492 e. The summed E-state index contributed by atoms with van der Waals surface area (Å²) in [5.74, 6) is 0.472. The summed E-state index contributed by atoms with van der Waals surface area (Å²) in [5, 5.41) is 2.88. The first-order valence-corrected chi connectivity index (χ1v) is 12.6. The molecule has 1 unspecified atom stereocenters. The van der Waals surface area contributed by atoms with E-state index in [1.807, 2.05) is 38.1 Å². The van der Waals surface area contributed by atoms with E-state index in [0.29, 0.717) is 25.1 Å². The Hall–Kier alpha value is -2.42. The third-order valence-corrected chi connectivity index (χ3v) is 6.97. The molecule has 0 aliphatic carbocycles. The standard InChI is InChI=1S/C24H35N3O4S/c1-5-19(4)26-32(29,30)22-14-12-20(13-15-22)24(28)25-18-21-10-8-9-11-23(21)31-17-16-27(6-2)7-3/h8-15,19,26H,5-7,16-18H2,1-4H3,(H,25,28). The molecule has 2 aromatic rings. The van der Waals surface area contributed by atoms with Gasteiger partial charge in [-0.1, -0.05) is 39.0 Å². The molecule has 7 nitrogen and oxygen atoms in total. The predicted octanol–water partition coefficient (Wildman–Crippen LogP) is 3.41. The lowest BCUT2D eigenvalue weighted by molar-refractivity contribution is 0.0950. The molecule has 0 saturated heterocycles. The Kier molecular flexibility index (Phi) is 10.2. The number of hydrogen-bond acceptors (Lipinski definition) is 5. The lowest BCUT2D eigenvalue weighted by Crippen LogP contribution is -2.32. The van der Waals surface area contributed by atoms with Crippen LogP contribution in [0.15, 0.2) is 53.4 Å². The van der Waals surface area contributed by atoms with Gasteiger partial charge in [0.15, 0.2) is 0 Å². The van der Waals surface area contributed by atoms with E-state index >= 15 is 0 Å². The third kappa shape index (κ3) is 7.62. The van der Waals surface area contributed by atoms with Crippen molar-refractivity contribution >= 4 is 15.9 Å². The highest BCUT2D eigenvalue weighted by Gasteiger charge is 2.17. The maximum atomic E-state index is 12.6. The lowest BCUT2D eigenvalue weighted by atomic mass is 10.1. The van der Waals surface area contributed by atoms with Gasteiger partial charge >= 0.3 is 0 Å². The molecule has 32 heavy (non-hydrogen) atoms. The summed E-state index contributed by atoms with van der Waals surface area (Å²) < 4.78 is 33.3. The van der Waals surface area contributed by atoms with Crippen molar-refractivity contribution in [3.63, 3.8) is 0 Å². The van der Waals surface area contributed by atoms with E-state index in [1.54, 1.807) is 0 Å². The van der Waals surface area contributed by atoms with Crippen molar-refractivity contribution in [3.05, 3.63) is 59.7 Å². The average molecular weight is 462 g/mol. The Bertz CT molecular complexity index is 957. The highest BCUT2D eigenvalue weighted by atomic mass is 32.2. The number of amides is 1. The number of hydrogen-bond donors (Lipinski definition) is 2. The number of rotatable bonds is 13. The van der Waals surface area contributed by atoms with Crippen molar-refractivity contribution in [3.8, 4) is 5.75 Å².